The molecule has 0 aromatic carbocycles. The van der Waals surface area contributed by atoms with E-state index in [0.717, 1.165) is 13.0 Å². The summed E-state index contributed by atoms with van der Waals surface area (Å²) in [6, 6.07) is -0.0171. The van der Waals surface area contributed by atoms with E-state index in [4.69, 9.17) is 5.11 Å². The van der Waals surface area contributed by atoms with E-state index in [1.165, 1.54) is 0 Å². The minimum absolute atomic E-state index is 0.0171. The van der Waals surface area contributed by atoms with E-state index in [1.54, 1.807) is 4.90 Å². The van der Waals surface area contributed by atoms with Gasteiger partial charge in [0.25, 0.3) is 0 Å². The fourth-order valence-electron chi connectivity index (χ4n) is 2.58. The number of hydrogen-bond acceptors (Lipinski definition) is 3. The van der Waals surface area contributed by atoms with Gasteiger partial charge in [-0.1, -0.05) is 13.8 Å². The molecule has 6 heteroatoms. The smallest absolute Gasteiger partial charge is 0.320 e. The van der Waals surface area contributed by atoms with Crippen LogP contribution in [0.5, 0.6) is 0 Å². The molecule has 1 N–H and O–H groups in total. The maximum Gasteiger partial charge on any atom is 0.320 e. The molecule has 1 fully saturated rings. The summed E-state index contributed by atoms with van der Waals surface area (Å²) >= 11 is 0. The number of urea groups is 1. The second-order valence-corrected chi connectivity index (χ2v) is 6.55. The first-order valence-corrected chi connectivity index (χ1v) is 7.72. The summed E-state index contributed by atoms with van der Waals surface area (Å²) < 4.78 is 0. The highest BCUT2D eigenvalue weighted by atomic mass is 16.4. The maximum atomic E-state index is 12.7. The summed E-state index contributed by atoms with van der Waals surface area (Å²) in [4.78, 5) is 29.4. The number of nitrogens with zero attached hydrogens (tertiary/aromatic N) is 3. The molecule has 122 valence electrons. The number of carboxylic acid groups (broad SMARTS) is 1. The Morgan fingerprint density at radius 3 is 2.48 bits per heavy atom. The van der Waals surface area contributed by atoms with E-state index >= 15 is 0 Å². The molecule has 1 rings (SSSR count). The number of rotatable bonds is 6. The molecule has 1 atom stereocenters. The van der Waals surface area contributed by atoms with Crippen LogP contribution in [0.2, 0.25) is 0 Å². The number of carboxylic acids is 1. The fourth-order valence-corrected chi connectivity index (χ4v) is 2.58. The van der Waals surface area contributed by atoms with E-state index in [9.17, 15) is 9.59 Å². The van der Waals surface area contributed by atoms with Gasteiger partial charge >= 0.3 is 12.0 Å². The van der Waals surface area contributed by atoms with Crippen molar-refractivity contribution < 1.29 is 14.7 Å². The topological polar surface area (TPSA) is 64.1 Å². The van der Waals surface area contributed by atoms with Crippen molar-refractivity contribution >= 4 is 12.0 Å². The Bertz CT molecular complexity index is 358. The first-order chi connectivity index (χ1) is 9.81. The van der Waals surface area contributed by atoms with Gasteiger partial charge in [-0.3, -0.25) is 4.79 Å². The van der Waals surface area contributed by atoms with Gasteiger partial charge in [0.05, 0.1) is 5.92 Å². The van der Waals surface area contributed by atoms with Gasteiger partial charge in [-0.05, 0) is 32.9 Å². The van der Waals surface area contributed by atoms with Crippen molar-refractivity contribution in [2.75, 3.05) is 46.8 Å². The second kappa shape index (κ2) is 8.22. The van der Waals surface area contributed by atoms with Crippen LogP contribution in [0.25, 0.3) is 0 Å². The first-order valence-electron chi connectivity index (χ1n) is 7.72. The van der Waals surface area contributed by atoms with Crippen molar-refractivity contribution in [2.24, 2.45) is 11.8 Å². The highest BCUT2D eigenvalue weighted by Gasteiger charge is 2.30. The number of hydrogen-bond donors (Lipinski definition) is 1. The zero-order valence-corrected chi connectivity index (χ0v) is 13.7. The highest BCUT2D eigenvalue weighted by molar-refractivity contribution is 5.76. The molecule has 0 aromatic heterocycles. The summed E-state index contributed by atoms with van der Waals surface area (Å²) in [6.45, 7) is 7.39. The van der Waals surface area contributed by atoms with Crippen LogP contribution >= 0.6 is 0 Å². The van der Waals surface area contributed by atoms with Gasteiger partial charge < -0.3 is 19.8 Å². The summed E-state index contributed by atoms with van der Waals surface area (Å²) in [6.07, 6.45) is 1.44. The number of likely N-dealkylation sites (tertiary alicyclic amines) is 1. The van der Waals surface area contributed by atoms with Crippen LogP contribution in [-0.2, 0) is 4.79 Å². The number of carbonyl (C=O) groups is 2. The Balaban J connectivity index is 2.67. The number of amides is 2. The normalized spacial score (nSPS) is 19.1. The van der Waals surface area contributed by atoms with Gasteiger partial charge in [-0.15, -0.1) is 0 Å². The molecule has 0 spiro atoms. The monoisotopic (exact) mass is 299 g/mol. The molecule has 0 radical (unpaired) electrons. The number of carbonyl (C=O) groups excluding carboxylic acids is 1. The van der Waals surface area contributed by atoms with E-state index in [-0.39, 0.29) is 6.03 Å². The minimum atomic E-state index is -0.795. The average molecular weight is 299 g/mol. The van der Waals surface area contributed by atoms with Crippen LogP contribution in [-0.4, -0.2) is 78.6 Å². The summed E-state index contributed by atoms with van der Waals surface area (Å²) in [5.41, 5.74) is 0. The third kappa shape index (κ3) is 5.91. The van der Waals surface area contributed by atoms with Crippen LogP contribution in [0.15, 0.2) is 0 Å². The molecule has 21 heavy (non-hydrogen) atoms. The van der Waals surface area contributed by atoms with Crippen molar-refractivity contribution in [2.45, 2.75) is 26.7 Å². The fraction of sp³-hybridized carbons (Fsp3) is 0.867. The minimum Gasteiger partial charge on any atom is -0.481 e. The van der Waals surface area contributed by atoms with Gasteiger partial charge in [-0.2, -0.15) is 0 Å². The second-order valence-electron chi connectivity index (χ2n) is 6.55. The SMILES string of the molecule is CC(C)CN(CCN(C)C)C(=O)N1CCC[C@@H](C(=O)O)C1. The van der Waals surface area contributed by atoms with Gasteiger partial charge in [0, 0.05) is 32.7 Å². The summed E-state index contributed by atoms with van der Waals surface area (Å²) in [5.74, 6) is -0.815. The van der Waals surface area contributed by atoms with Crippen LogP contribution in [0.1, 0.15) is 26.7 Å². The number of piperidine rings is 1. The molecular weight excluding hydrogens is 270 g/mol. The molecular formula is C15H29N3O3. The van der Waals surface area contributed by atoms with Crippen LogP contribution in [0, 0.1) is 11.8 Å². The van der Waals surface area contributed by atoms with Gasteiger partial charge in [0.1, 0.15) is 0 Å². The Morgan fingerprint density at radius 2 is 1.95 bits per heavy atom. The number of aliphatic carboxylic acids is 1. The summed E-state index contributed by atoms with van der Waals surface area (Å²) in [5, 5.41) is 9.14. The van der Waals surface area contributed by atoms with Gasteiger partial charge in [0.15, 0.2) is 0 Å². The molecule has 0 aliphatic carbocycles. The van der Waals surface area contributed by atoms with Gasteiger partial charge in [-0.25, -0.2) is 4.79 Å². The predicted octanol–water partition coefficient (Wildman–Crippen LogP) is 1.42. The maximum absolute atomic E-state index is 12.7. The lowest BCUT2D eigenvalue weighted by Gasteiger charge is -2.36. The Kier molecular flexibility index (Phi) is 6.95. The molecule has 1 aliphatic heterocycles. The van der Waals surface area contributed by atoms with Crippen molar-refractivity contribution in [3.63, 3.8) is 0 Å². The van der Waals surface area contributed by atoms with Crippen LogP contribution in [0.4, 0.5) is 4.79 Å². The lowest BCUT2D eigenvalue weighted by Crippen LogP contribution is -2.51. The third-order valence-corrected chi connectivity index (χ3v) is 3.71. The quantitative estimate of drug-likeness (QED) is 0.806. The number of likely N-dealkylation sites (N-methyl/N-ethyl adjacent to an activating group) is 1. The van der Waals surface area contributed by atoms with Crippen molar-refractivity contribution in [3.05, 3.63) is 0 Å². The third-order valence-electron chi connectivity index (χ3n) is 3.71. The lowest BCUT2D eigenvalue weighted by atomic mass is 9.98. The Labute approximate surface area is 127 Å². The largest absolute Gasteiger partial charge is 0.481 e. The Hall–Kier alpha value is -1.30. The van der Waals surface area contributed by atoms with Crippen LogP contribution in [0.3, 0.4) is 0 Å². The Morgan fingerprint density at radius 1 is 1.29 bits per heavy atom. The lowest BCUT2D eigenvalue weighted by molar-refractivity contribution is -0.143. The standard InChI is InChI=1S/C15H29N3O3/c1-12(2)10-18(9-8-16(3)4)15(21)17-7-5-6-13(11-17)14(19)20/h12-13H,5-11H2,1-4H3,(H,19,20)/t13-/m1/s1. The molecule has 2 amide bonds. The zero-order chi connectivity index (χ0) is 16.0. The first kappa shape index (κ1) is 17.8. The highest BCUT2D eigenvalue weighted by Crippen LogP contribution is 2.18. The van der Waals surface area contributed by atoms with Gasteiger partial charge in [0.2, 0.25) is 0 Å². The van der Waals surface area contributed by atoms with E-state index in [2.05, 4.69) is 18.7 Å². The predicted molar refractivity (Wildman–Crippen MR) is 82.3 cm³/mol. The van der Waals surface area contributed by atoms with E-state index in [1.807, 2.05) is 19.0 Å². The van der Waals surface area contributed by atoms with Crippen LogP contribution < -0.4 is 0 Å². The zero-order valence-electron chi connectivity index (χ0n) is 13.7. The molecule has 1 aliphatic rings. The summed E-state index contributed by atoms with van der Waals surface area (Å²) in [7, 11) is 3.97. The van der Waals surface area contributed by atoms with Crippen molar-refractivity contribution in [1.82, 2.24) is 14.7 Å². The molecule has 6 nitrogen and oxygen atoms in total. The molecule has 0 saturated carbocycles. The van der Waals surface area contributed by atoms with E-state index in [0.29, 0.717) is 38.5 Å². The molecule has 0 aromatic rings. The molecule has 1 heterocycles. The van der Waals surface area contributed by atoms with E-state index < -0.39 is 11.9 Å². The van der Waals surface area contributed by atoms with Crippen molar-refractivity contribution in [1.29, 1.82) is 0 Å². The molecule has 0 unspecified atom stereocenters. The molecule has 1 saturated heterocycles. The van der Waals surface area contributed by atoms with Crippen molar-refractivity contribution in [3.8, 4) is 0 Å². The average Bonchev–Trinajstić information content (AvgIpc) is 2.42. The molecule has 0 bridgehead atoms.